The van der Waals surface area contributed by atoms with E-state index in [0.717, 1.165) is 0 Å². The van der Waals surface area contributed by atoms with Crippen LogP contribution in [0, 0.1) is 5.92 Å². The first-order valence-electron chi connectivity index (χ1n) is 4.44. The summed E-state index contributed by atoms with van der Waals surface area (Å²) in [7, 11) is 0. The Morgan fingerprint density at radius 1 is 1.64 bits per heavy atom. The summed E-state index contributed by atoms with van der Waals surface area (Å²) in [6.07, 6.45) is 1.39. The lowest BCUT2D eigenvalue weighted by Gasteiger charge is -2.13. The molecule has 0 saturated carbocycles. The van der Waals surface area contributed by atoms with Gasteiger partial charge in [-0.2, -0.15) is 0 Å². The highest BCUT2D eigenvalue weighted by Gasteiger charge is 2.32. The van der Waals surface area contributed by atoms with Gasteiger partial charge in [-0.15, -0.1) is 0 Å². The fraction of sp³-hybridized carbons (Fsp3) is 0.556. The molecule has 0 radical (unpaired) electrons. The molecule has 1 rings (SSSR count). The molecule has 0 aliphatic carbocycles. The van der Waals surface area contributed by atoms with Crippen LogP contribution in [-0.4, -0.2) is 29.7 Å². The van der Waals surface area contributed by atoms with E-state index in [9.17, 15) is 9.59 Å². The van der Waals surface area contributed by atoms with Crippen molar-refractivity contribution in [1.82, 2.24) is 5.32 Å². The van der Waals surface area contributed by atoms with E-state index in [1.165, 1.54) is 6.08 Å². The lowest BCUT2D eigenvalue weighted by molar-refractivity contribution is -0.146. The van der Waals surface area contributed by atoms with Crippen molar-refractivity contribution in [2.24, 2.45) is 5.92 Å². The molecular weight excluding hydrogens is 186 g/mol. The number of hydrogen-bond donors (Lipinski definition) is 2. The third kappa shape index (κ3) is 2.04. The van der Waals surface area contributed by atoms with Gasteiger partial charge in [-0.3, -0.25) is 4.79 Å². The molecule has 1 aliphatic rings. The quantitative estimate of drug-likeness (QED) is 0.632. The zero-order valence-electron chi connectivity index (χ0n) is 8.11. The van der Waals surface area contributed by atoms with Crippen LogP contribution in [-0.2, 0) is 14.3 Å². The zero-order valence-corrected chi connectivity index (χ0v) is 8.11. The molecule has 5 heteroatoms. The molecule has 0 saturated heterocycles. The molecule has 0 amide bonds. The summed E-state index contributed by atoms with van der Waals surface area (Å²) in [6.45, 7) is 3.76. The minimum Gasteiger partial charge on any atom is -0.477 e. The van der Waals surface area contributed by atoms with Gasteiger partial charge >= 0.3 is 11.9 Å². The van der Waals surface area contributed by atoms with E-state index < -0.39 is 11.9 Å². The van der Waals surface area contributed by atoms with Crippen molar-refractivity contribution in [2.75, 3.05) is 6.61 Å². The Hall–Kier alpha value is -1.52. The molecule has 5 nitrogen and oxygen atoms in total. The highest BCUT2D eigenvalue weighted by atomic mass is 16.5. The second-order valence-corrected chi connectivity index (χ2v) is 3.10. The lowest BCUT2D eigenvalue weighted by atomic mass is 10.0. The monoisotopic (exact) mass is 199 g/mol. The first-order chi connectivity index (χ1) is 6.56. The highest BCUT2D eigenvalue weighted by molar-refractivity contribution is 5.89. The Bertz CT molecular complexity index is 285. The summed E-state index contributed by atoms with van der Waals surface area (Å²) >= 11 is 0. The molecule has 1 aliphatic heterocycles. The molecular formula is C9H13NO4. The maximum absolute atomic E-state index is 11.3. The molecule has 0 aromatic carbocycles. The third-order valence-corrected chi connectivity index (χ3v) is 2.06. The molecule has 2 N–H and O–H groups in total. The van der Waals surface area contributed by atoms with Crippen molar-refractivity contribution in [3.8, 4) is 0 Å². The molecule has 2 atom stereocenters. The molecule has 14 heavy (non-hydrogen) atoms. The Kier molecular flexibility index (Phi) is 3.11. The van der Waals surface area contributed by atoms with Gasteiger partial charge < -0.3 is 15.2 Å². The van der Waals surface area contributed by atoms with Crippen molar-refractivity contribution in [1.29, 1.82) is 0 Å². The minimum atomic E-state index is -1.05. The van der Waals surface area contributed by atoms with E-state index in [0.29, 0.717) is 6.61 Å². The number of aliphatic carboxylic acids is 1. The maximum Gasteiger partial charge on any atom is 0.351 e. The second kappa shape index (κ2) is 4.13. The fourth-order valence-electron chi connectivity index (χ4n) is 1.35. The van der Waals surface area contributed by atoms with Crippen LogP contribution >= 0.6 is 0 Å². The predicted molar refractivity (Wildman–Crippen MR) is 48.4 cm³/mol. The van der Waals surface area contributed by atoms with Gasteiger partial charge in [0.15, 0.2) is 0 Å². The van der Waals surface area contributed by atoms with Gasteiger partial charge in [0.05, 0.1) is 12.5 Å². The van der Waals surface area contributed by atoms with Gasteiger partial charge in [-0.05, 0) is 19.9 Å². The van der Waals surface area contributed by atoms with Crippen LogP contribution in [0.4, 0.5) is 0 Å². The normalized spacial score (nSPS) is 25.1. The molecule has 0 aromatic rings. The van der Waals surface area contributed by atoms with Crippen molar-refractivity contribution < 1.29 is 19.4 Å². The number of hydrogen-bond acceptors (Lipinski definition) is 4. The van der Waals surface area contributed by atoms with E-state index in [2.05, 4.69) is 5.32 Å². The highest BCUT2D eigenvalue weighted by Crippen LogP contribution is 2.18. The lowest BCUT2D eigenvalue weighted by Crippen LogP contribution is -2.32. The minimum absolute atomic E-state index is 0.0653. The number of carboxylic acid groups (broad SMARTS) is 1. The first-order valence-corrected chi connectivity index (χ1v) is 4.44. The summed E-state index contributed by atoms with van der Waals surface area (Å²) in [6, 6.07) is -0.222. The summed E-state index contributed by atoms with van der Waals surface area (Å²) in [5.74, 6) is -1.94. The Labute approximate surface area is 81.7 Å². The van der Waals surface area contributed by atoms with Crippen LogP contribution in [0.25, 0.3) is 0 Å². The molecule has 0 spiro atoms. The molecule has 0 aromatic heterocycles. The van der Waals surface area contributed by atoms with Gasteiger partial charge in [0, 0.05) is 6.04 Å². The van der Waals surface area contributed by atoms with Gasteiger partial charge in [0.2, 0.25) is 0 Å². The number of carboxylic acids is 1. The topological polar surface area (TPSA) is 75.6 Å². The zero-order chi connectivity index (χ0) is 10.7. The summed E-state index contributed by atoms with van der Waals surface area (Å²) in [4.78, 5) is 21.9. The predicted octanol–water partition coefficient (Wildman–Crippen LogP) is 0.126. The van der Waals surface area contributed by atoms with Gasteiger partial charge in [-0.1, -0.05) is 0 Å². The van der Waals surface area contributed by atoms with E-state index in [1.807, 2.05) is 0 Å². The van der Waals surface area contributed by atoms with E-state index in [1.54, 1.807) is 13.8 Å². The maximum atomic E-state index is 11.3. The van der Waals surface area contributed by atoms with Gasteiger partial charge in [0.1, 0.15) is 5.70 Å². The van der Waals surface area contributed by atoms with E-state index >= 15 is 0 Å². The van der Waals surface area contributed by atoms with Gasteiger partial charge in [-0.25, -0.2) is 4.79 Å². The Balaban J connectivity index is 2.71. The molecule has 2 unspecified atom stereocenters. The van der Waals surface area contributed by atoms with Crippen molar-refractivity contribution >= 4 is 11.9 Å². The standard InChI is InChI=1S/C9H13NO4/c1-3-14-9(13)6-4-7(8(11)12)10-5(6)2/h4-6,10H,3H2,1-2H3,(H,11,12). The third-order valence-electron chi connectivity index (χ3n) is 2.06. The van der Waals surface area contributed by atoms with Crippen LogP contribution in [0.1, 0.15) is 13.8 Å². The van der Waals surface area contributed by atoms with Crippen molar-refractivity contribution in [3.05, 3.63) is 11.8 Å². The smallest absolute Gasteiger partial charge is 0.351 e. The SMILES string of the molecule is CCOC(=O)C1C=C(C(=O)O)NC1C. The Morgan fingerprint density at radius 2 is 2.29 bits per heavy atom. The van der Waals surface area contributed by atoms with Crippen molar-refractivity contribution in [3.63, 3.8) is 0 Å². The molecule has 78 valence electrons. The number of esters is 1. The van der Waals surface area contributed by atoms with Crippen LogP contribution < -0.4 is 5.32 Å². The number of carbonyl (C=O) groups excluding carboxylic acids is 1. The second-order valence-electron chi connectivity index (χ2n) is 3.10. The average Bonchev–Trinajstić information content (AvgIpc) is 2.48. The largest absolute Gasteiger partial charge is 0.477 e. The molecule has 1 heterocycles. The van der Waals surface area contributed by atoms with Crippen LogP contribution in [0.15, 0.2) is 11.8 Å². The van der Waals surface area contributed by atoms with Crippen LogP contribution in [0.2, 0.25) is 0 Å². The average molecular weight is 199 g/mol. The number of nitrogens with one attached hydrogen (secondary N) is 1. The number of rotatable bonds is 3. The number of ether oxygens (including phenoxy) is 1. The summed E-state index contributed by atoms with van der Waals surface area (Å²) in [5, 5.41) is 11.4. The Morgan fingerprint density at radius 3 is 2.71 bits per heavy atom. The first kappa shape index (κ1) is 10.6. The van der Waals surface area contributed by atoms with Crippen LogP contribution in [0.3, 0.4) is 0 Å². The van der Waals surface area contributed by atoms with E-state index in [4.69, 9.17) is 9.84 Å². The summed E-state index contributed by atoms with van der Waals surface area (Å²) < 4.78 is 4.81. The molecule has 0 fully saturated rings. The van der Waals surface area contributed by atoms with Gasteiger partial charge in [0.25, 0.3) is 0 Å². The number of carbonyl (C=O) groups is 2. The van der Waals surface area contributed by atoms with E-state index in [-0.39, 0.29) is 17.7 Å². The fourth-order valence-corrected chi connectivity index (χ4v) is 1.35. The van der Waals surface area contributed by atoms with Crippen LogP contribution in [0.5, 0.6) is 0 Å². The molecule has 0 bridgehead atoms. The van der Waals surface area contributed by atoms with Crippen molar-refractivity contribution in [2.45, 2.75) is 19.9 Å². The summed E-state index contributed by atoms with van der Waals surface area (Å²) in [5.41, 5.74) is 0.0653.